The van der Waals surface area contributed by atoms with Gasteiger partial charge in [-0.1, -0.05) is 42.5 Å². The fourth-order valence-electron chi connectivity index (χ4n) is 4.79. The molecular weight excluding hydrogens is 363 g/mol. The van der Waals surface area contributed by atoms with E-state index in [0.717, 1.165) is 45.4 Å². The first kappa shape index (κ1) is 20.1. The highest BCUT2D eigenvalue weighted by Gasteiger charge is 2.52. The van der Waals surface area contributed by atoms with E-state index in [1.54, 1.807) is 0 Å². The Labute approximate surface area is 173 Å². The smallest absolute Gasteiger partial charge is 0.232 e. The van der Waals surface area contributed by atoms with Gasteiger partial charge in [-0.05, 0) is 67.8 Å². The Bertz CT molecular complexity index is 816. The van der Waals surface area contributed by atoms with Crippen LogP contribution in [0, 0.1) is 11.7 Å². The zero-order valence-electron chi connectivity index (χ0n) is 17.3. The molecule has 1 aliphatic heterocycles. The van der Waals surface area contributed by atoms with E-state index >= 15 is 0 Å². The lowest BCUT2D eigenvalue weighted by atomic mass is 9.93. The Morgan fingerprint density at radius 3 is 2.55 bits per heavy atom. The first-order valence-corrected chi connectivity index (χ1v) is 10.8. The quantitative estimate of drug-likeness (QED) is 0.700. The number of piperidine rings is 1. The molecule has 2 aromatic rings. The molecule has 154 valence electrons. The normalized spacial score (nSPS) is 21.0. The molecule has 0 aromatic heterocycles. The topological polar surface area (TPSA) is 23.6 Å². The molecular formula is C25H31FN2O. The number of carbonyl (C=O) groups excluding carboxylic acids is 1. The predicted octanol–water partition coefficient (Wildman–Crippen LogP) is 4.27. The summed E-state index contributed by atoms with van der Waals surface area (Å²) < 4.78 is 13.1. The summed E-state index contributed by atoms with van der Waals surface area (Å²) in [6.45, 7) is 3.98. The van der Waals surface area contributed by atoms with E-state index < -0.39 is 0 Å². The lowest BCUT2D eigenvalue weighted by Crippen LogP contribution is -2.44. The van der Waals surface area contributed by atoms with E-state index in [2.05, 4.69) is 17.0 Å². The lowest BCUT2D eigenvalue weighted by molar-refractivity contribution is -0.133. The van der Waals surface area contributed by atoms with Crippen LogP contribution >= 0.6 is 0 Å². The van der Waals surface area contributed by atoms with Gasteiger partial charge in [0.05, 0.1) is 5.41 Å². The van der Waals surface area contributed by atoms with Gasteiger partial charge in [0.1, 0.15) is 5.82 Å². The molecule has 1 atom stereocenters. The van der Waals surface area contributed by atoms with E-state index in [1.807, 2.05) is 42.3 Å². The SMILES string of the molecule is CN(C[C@@H]1CCCN(CCc2ccc(F)cc2)C1)C(=O)C1(c2ccccc2)CC1. The van der Waals surface area contributed by atoms with Crippen LogP contribution in [-0.2, 0) is 16.6 Å². The van der Waals surface area contributed by atoms with Gasteiger partial charge in [0.2, 0.25) is 5.91 Å². The highest BCUT2D eigenvalue weighted by Crippen LogP contribution is 2.49. The second-order valence-electron chi connectivity index (χ2n) is 8.82. The van der Waals surface area contributed by atoms with Gasteiger partial charge in [-0.2, -0.15) is 0 Å². The van der Waals surface area contributed by atoms with Crippen molar-refractivity contribution < 1.29 is 9.18 Å². The van der Waals surface area contributed by atoms with Crippen molar-refractivity contribution in [3.05, 3.63) is 71.5 Å². The molecule has 0 N–H and O–H groups in total. The predicted molar refractivity (Wildman–Crippen MR) is 114 cm³/mol. The third-order valence-corrected chi connectivity index (χ3v) is 6.60. The Kier molecular flexibility index (Phi) is 6.00. The number of benzene rings is 2. The summed E-state index contributed by atoms with van der Waals surface area (Å²) in [5.74, 6) is 0.632. The zero-order valence-corrected chi connectivity index (χ0v) is 17.3. The Hall–Kier alpha value is -2.20. The fourth-order valence-corrected chi connectivity index (χ4v) is 4.79. The van der Waals surface area contributed by atoms with Crippen molar-refractivity contribution in [3.63, 3.8) is 0 Å². The molecule has 2 aliphatic rings. The molecule has 4 heteroatoms. The van der Waals surface area contributed by atoms with Crippen molar-refractivity contribution in [3.8, 4) is 0 Å². The van der Waals surface area contributed by atoms with E-state index in [0.29, 0.717) is 5.92 Å². The Morgan fingerprint density at radius 2 is 1.86 bits per heavy atom. The Morgan fingerprint density at radius 1 is 1.14 bits per heavy atom. The first-order chi connectivity index (χ1) is 14.1. The summed E-state index contributed by atoms with van der Waals surface area (Å²) in [5, 5.41) is 0. The minimum atomic E-state index is -0.271. The van der Waals surface area contributed by atoms with Crippen molar-refractivity contribution in [2.45, 2.75) is 37.5 Å². The molecule has 1 heterocycles. The number of likely N-dealkylation sites (N-methyl/N-ethyl adjacent to an activating group) is 1. The molecule has 1 amide bonds. The minimum Gasteiger partial charge on any atom is -0.345 e. The van der Waals surface area contributed by atoms with Gasteiger partial charge < -0.3 is 9.80 Å². The number of hydrogen-bond acceptors (Lipinski definition) is 2. The largest absolute Gasteiger partial charge is 0.345 e. The van der Waals surface area contributed by atoms with Crippen LogP contribution < -0.4 is 0 Å². The van der Waals surface area contributed by atoms with Crippen molar-refractivity contribution in [1.29, 1.82) is 0 Å². The zero-order chi connectivity index (χ0) is 20.3. The maximum Gasteiger partial charge on any atom is 0.232 e. The van der Waals surface area contributed by atoms with Gasteiger partial charge in [-0.25, -0.2) is 4.39 Å². The molecule has 2 fully saturated rings. The summed E-state index contributed by atoms with van der Waals surface area (Å²) in [6.07, 6.45) is 5.24. The van der Waals surface area contributed by atoms with Crippen LogP contribution in [0.1, 0.15) is 36.8 Å². The van der Waals surface area contributed by atoms with Gasteiger partial charge >= 0.3 is 0 Å². The molecule has 0 unspecified atom stereocenters. The van der Waals surface area contributed by atoms with Gasteiger partial charge in [0.15, 0.2) is 0 Å². The summed E-state index contributed by atoms with van der Waals surface area (Å²) in [4.78, 5) is 17.7. The van der Waals surface area contributed by atoms with Crippen LogP contribution in [0.5, 0.6) is 0 Å². The average Bonchev–Trinajstić information content (AvgIpc) is 3.56. The molecule has 4 rings (SSSR count). The first-order valence-electron chi connectivity index (χ1n) is 10.8. The van der Waals surface area contributed by atoms with Crippen molar-refractivity contribution in [2.75, 3.05) is 33.2 Å². The van der Waals surface area contributed by atoms with Crippen LogP contribution in [0.4, 0.5) is 4.39 Å². The monoisotopic (exact) mass is 394 g/mol. The second kappa shape index (κ2) is 8.66. The molecule has 1 saturated heterocycles. The van der Waals surface area contributed by atoms with Crippen molar-refractivity contribution in [2.24, 2.45) is 5.92 Å². The molecule has 0 bridgehead atoms. The number of likely N-dealkylation sites (tertiary alicyclic amines) is 1. The number of nitrogens with zero attached hydrogens (tertiary/aromatic N) is 2. The third kappa shape index (κ3) is 4.69. The summed E-state index contributed by atoms with van der Waals surface area (Å²) in [7, 11) is 1.98. The van der Waals surface area contributed by atoms with Crippen LogP contribution in [0.3, 0.4) is 0 Å². The average molecular weight is 395 g/mol. The highest BCUT2D eigenvalue weighted by molar-refractivity contribution is 5.91. The molecule has 2 aromatic carbocycles. The summed E-state index contributed by atoms with van der Waals surface area (Å²) in [6, 6.07) is 17.1. The summed E-state index contributed by atoms with van der Waals surface area (Å²) >= 11 is 0. The van der Waals surface area contributed by atoms with E-state index in [9.17, 15) is 9.18 Å². The van der Waals surface area contributed by atoms with E-state index in [-0.39, 0.29) is 17.1 Å². The molecule has 29 heavy (non-hydrogen) atoms. The number of rotatable bonds is 7. The van der Waals surface area contributed by atoms with Crippen LogP contribution in [-0.4, -0.2) is 48.9 Å². The molecule has 0 spiro atoms. The van der Waals surface area contributed by atoms with E-state index in [1.165, 1.54) is 36.1 Å². The number of carbonyl (C=O) groups is 1. The third-order valence-electron chi connectivity index (χ3n) is 6.60. The van der Waals surface area contributed by atoms with Gasteiger partial charge in [-0.15, -0.1) is 0 Å². The van der Waals surface area contributed by atoms with Crippen LogP contribution in [0.2, 0.25) is 0 Å². The van der Waals surface area contributed by atoms with E-state index in [4.69, 9.17) is 0 Å². The molecule has 3 nitrogen and oxygen atoms in total. The minimum absolute atomic E-state index is 0.177. The van der Waals surface area contributed by atoms with Gasteiger partial charge in [-0.3, -0.25) is 4.79 Å². The number of halogens is 1. The molecule has 0 radical (unpaired) electrons. The fraction of sp³-hybridized carbons (Fsp3) is 0.480. The standard InChI is InChI=1S/C25H31FN2O/c1-27(24(29)25(14-15-25)22-7-3-2-4-8-22)18-21-6-5-16-28(19-21)17-13-20-9-11-23(26)12-10-20/h2-4,7-12,21H,5-6,13-19H2,1H3/t21-/m0/s1. The number of hydrogen-bond donors (Lipinski definition) is 0. The lowest BCUT2D eigenvalue weighted by Gasteiger charge is -2.35. The Balaban J connectivity index is 1.30. The van der Waals surface area contributed by atoms with Crippen molar-refractivity contribution in [1.82, 2.24) is 9.80 Å². The maximum absolute atomic E-state index is 13.2. The van der Waals surface area contributed by atoms with Gasteiger partial charge in [0, 0.05) is 26.7 Å². The molecule has 1 saturated carbocycles. The number of amides is 1. The second-order valence-corrected chi connectivity index (χ2v) is 8.82. The van der Waals surface area contributed by atoms with Crippen LogP contribution in [0.25, 0.3) is 0 Å². The van der Waals surface area contributed by atoms with Crippen molar-refractivity contribution >= 4 is 5.91 Å². The maximum atomic E-state index is 13.2. The highest BCUT2D eigenvalue weighted by atomic mass is 19.1. The molecule has 1 aliphatic carbocycles. The summed E-state index contributed by atoms with van der Waals surface area (Å²) in [5.41, 5.74) is 2.08. The van der Waals surface area contributed by atoms with Gasteiger partial charge in [0.25, 0.3) is 0 Å². The van der Waals surface area contributed by atoms with Crippen LogP contribution in [0.15, 0.2) is 54.6 Å².